The lowest BCUT2D eigenvalue weighted by Gasteiger charge is -2.24. The van der Waals surface area contributed by atoms with Crippen LogP contribution in [0.25, 0.3) is 16.6 Å². The Morgan fingerprint density at radius 3 is 2.46 bits per heavy atom. The molecule has 0 unspecified atom stereocenters. The fourth-order valence-corrected chi connectivity index (χ4v) is 3.02. The SMILES string of the molecule is C[C@H](c1cc2ccccc2[nH]1)N(C)C(=O)c1ccc(-n2cnnc2)cc1. The van der Waals surface area contributed by atoms with E-state index < -0.39 is 0 Å². The van der Waals surface area contributed by atoms with E-state index in [4.69, 9.17) is 0 Å². The molecular weight excluding hydrogens is 326 g/mol. The summed E-state index contributed by atoms with van der Waals surface area (Å²) in [6.45, 7) is 2.02. The van der Waals surface area contributed by atoms with E-state index in [1.54, 1.807) is 22.1 Å². The molecule has 0 aliphatic rings. The van der Waals surface area contributed by atoms with Gasteiger partial charge in [-0.15, -0.1) is 10.2 Å². The fraction of sp³-hybridized carbons (Fsp3) is 0.150. The topological polar surface area (TPSA) is 66.8 Å². The van der Waals surface area contributed by atoms with Crippen LogP contribution >= 0.6 is 0 Å². The zero-order valence-electron chi connectivity index (χ0n) is 14.6. The van der Waals surface area contributed by atoms with Gasteiger partial charge in [0.05, 0.1) is 6.04 Å². The number of H-pyrrole nitrogens is 1. The number of rotatable bonds is 4. The van der Waals surface area contributed by atoms with Crippen LogP contribution in [0.4, 0.5) is 0 Å². The minimum Gasteiger partial charge on any atom is -0.357 e. The quantitative estimate of drug-likeness (QED) is 0.615. The zero-order valence-corrected chi connectivity index (χ0v) is 14.6. The van der Waals surface area contributed by atoms with Crippen LogP contribution in [-0.4, -0.2) is 37.6 Å². The molecule has 4 rings (SSSR count). The van der Waals surface area contributed by atoms with Gasteiger partial charge < -0.3 is 9.88 Å². The third kappa shape index (κ3) is 2.86. The molecule has 0 fully saturated rings. The Morgan fingerprint density at radius 1 is 1.08 bits per heavy atom. The summed E-state index contributed by atoms with van der Waals surface area (Å²) in [5.41, 5.74) is 3.65. The Morgan fingerprint density at radius 2 is 1.77 bits per heavy atom. The standard InChI is InChI=1S/C20H19N5O/c1-14(19-11-16-5-3-4-6-18(16)23-19)24(2)20(26)15-7-9-17(10-8-15)25-12-21-22-13-25/h3-14,23H,1-2H3/t14-/m1/s1. The summed E-state index contributed by atoms with van der Waals surface area (Å²) in [4.78, 5) is 18.0. The number of para-hydroxylation sites is 1. The number of hydrogen-bond donors (Lipinski definition) is 1. The number of fused-ring (bicyclic) bond motifs is 1. The molecule has 1 N–H and O–H groups in total. The molecule has 26 heavy (non-hydrogen) atoms. The summed E-state index contributed by atoms with van der Waals surface area (Å²) >= 11 is 0. The first-order chi connectivity index (χ1) is 12.6. The fourth-order valence-electron chi connectivity index (χ4n) is 3.02. The molecule has 130 valence electrons. The average Bonchev–Trinajstić information content (AvgIpc) is 3.36. The molecular formula is C20H19N5O. The molecule has 0 saturated heterocycles. The average molecular weight is 345 g/mol. The largest absolute Gasteiger partial charge is 0.357 e. The van der Waals surface area contributed by atoms with Gasteiger partial charge >= 0.3 is 0 Å². The molecule has 0 aliphatic heterocycles. The molecule has 0 radical (unpaired) electrons. The van der Waals surface area contributed by atoms with Crippen molar-refractivity contribution in [3.63, 3.8) is 0 Å². The monoisotopic (exact) mass is 345 g/mol. The molecule has 6 heteroatoms. The highest BCUT2D eigenvalue weighted by Gasteiger charge is 2.20. The first-order valence-corrected chi connectivity index (χ1v) is 8.43. The lowest BCUT2D eigenvalue weighted by molar-refractivity contribution is 0.0740. The van der Waals surface area contributed by atoms with Crippen LogP contribution in [0.2, 0.25) is 0 Å². The molecule has 0 saturated carbocycles. The summed E-state index contributed by atoms with van der Waals surface area (Å²) < 4.78 is 1.80. The minimum absolute atomic E-state index is 0.0218. The third-order valence-electron chi connectivity index (χ3n) is 4.73. The van der Waals surface area contributed by atoms with Gasteiger partial charge in [-0.25, -0.2) is 0 Å². The van der Waals surface area contributed by atoms with Gasteiger partial charge in [0.25, 0.3) is 5.91 Å². The number of amides is 1. The molecule has 2 aromatic heterocycles. The lowest BCUT2D eigenvalue weighted by atomic mass is 10.1. The van der Waals surface area contributed by atoms with Crippen molar-refractivity contribution >= 4 is 16.8 Å². The predicted molar refractivity (Wildman–Crippen MR) is 100 cm³/mol. The second kappa shape index (κ2) is 6.48. The second-order valence-corrected chi connectivity index (χ2v) is 6.32. The van der Waals surface area contributed by atoms with Gasteiger partial charge in [0, 0.05) is 29.5 Å². The molecule has 1 amide bonds. The predicted octanol–water partition coefficient (Wildman–Crippen LogP) is 3.58. The van der Waals surface area contributed by atoms with E-state index in [0.717, 1.165) is 22.3 Å². The van der Waals surface area contributed by atoms with Crippen molar-refractivity contribution in [2.45, 2.75) is 13.0 Å². The van der Waals surface area contributed by atoms with Crippen molar-refractivity contribution < 1.29 is 4.79 Å². The Bertz CT molecular complexity index is 1000. The number of carbonyl (C=O) groups excluding carboxylic acids is 1. The summed E-state index contributed by atoms with van der Waals surface area (Å²) in [5.74, 6) is -0.0218. The van der Waals surface area contributed by atoms with Crippen LogP contribution < -0.4 is 0 Å². The Kier molecular flexibility index (Phi) is 4.01. The molecule has 0 spiro atoms. The number of aromatic amines is 1. The number of nitrogens with zero attached hydrogens (tertiary/aromatic N) is 4. The van der Waals surface area contributed by atoms with E-state index in [1.807, 2.05) is 56.4 Å². The van der Waals surface area contributed by atoms with Gasteiger partial charge in [0.15, 0.2) is 0 Å². The number of benzene rings is 2. The van der Waals surface area contributed by atoms with Crippen LogP contribution in [0.3, 0.4) is 0 Å². The van der Waals surface area contributed by atoms with Crippen molar-refractivity contribution in [1.29, 1.82) is 0 Å². The Balaban J connectivity index is 1.55. The van der Waals surface area contributed by atoms with Gasteiger partial charge in [-0.1, -0.05) is 18.2 Å². The van der Waals surface area contributed by atoms with Crippen LogP contribution in [0.5, 0.6) is 0 Å². The van der Waals surface area contributed by atoms with Crippen molar-refractivity contribution in [3.8, 4) is 5.69 Å². The van der Waals surface area contributed by atoms with Crippen molar-refractivity contribution in [2.75, 3.05) is 7.05 Å². The van der Waals surface area contributed by atoms with Crippen molar-refractivity contribution in [3.05, 3.63) is 78.5 Å². The molecule has 2 heterocycles. The molecule has 4 aromatic rings. The van der Waals surface area contributed by atoms with E-state index in [1.165, 1.54) is 0 Å². The highest BCUT2D eigenvalue weighted by Crippen LogP contribution is 2.24. The molecule has 1 atom stereocenters. The van der Waals surface area contributed by atoms with Crippen LogP contribution in [0.15, 0.2) is 67.3 Å². The third-order valence-corrected chi connectivity index (χ3v) is 4.73. The van der Waals surface area contributed by atoms with E-state index in [9.17, 15) is 4.79 Å². The smallest absolute Gasteiger partial charge is 0.254 e. The highest BCUT2D eigenvalue weighted by atomic mass is 16.2. The maximum atomic E-state index is 12.9. The minimum atomic E-state index is -0.0626. The second-order valence-electron chi connectivity index (χ2n) is 6.32. The maximum Gasteiger partial charge on any atom is 0.254 e. The van der Waals surface area contributed by atoms with Crippen molar-refractivity contribution in [2.24, 2.45) is 0 Å². The lowest BCUT2D eigenvalue weighted by Crippen LogP contribution is -2.29. The number of carbonyl (C=O) groups is 1. The highest BCUT2D eigenvalue weighted by molar-refractivity contribution is 5.94. The van der Waals surface area contributed by atoms with Crippen molar-refractivity contribution in [1.82, 2.24) is 24.6 Å². The van der Waals surface area contributed by atoms with Crippen LogP contribution in [0, 0.1) is 0 Å². The normalized spacial score (nSPS) is 12.2. The molecule has 6 nitrogen and oxygen atoms in total. The first-order valence-electron chi connectivity index (χ1n) is 8.43. The number of hydrogen-bond acceptors (Lipinski definition) is 3. The van der Waals surface area contributed by atoms with Gasteiger partial charge in [-0.3, -0.25) is 9.36 Å². The number of aromatic nitrogens is 4. The summed E-state index contributed by atoms with van der Waals surface area (Å²) in [5, 5.41) is 8.73. The Labute approximate surface area is 151 Å². The Hall–Kier alpha value is -3.41. The van der Waals surface area contributed by atoms with Gasteiger partial charge in [0.1, 0.15) is 12.7 Å². The molecule has 0 bridgehead atoms. The number of nitrogens with one attached hydrogen (secondary N) is 1. The van der Waals surface area contributed by atoms with E-state index in [2.05, 4.69) is 27.3 Å². The molecule has 2 aromatic carbocycles. The first kappa shape index (κ1) is 16.1. The van der Waals surface area contributed by atoms with Gasteiger partial charge in [0.2, 0.25) is 0 Å². The zero-order chi connectivity index (χ0) is 18.1. The summed E-state index contributed by atoms with van der Waals surface area (Å²) in [7, 11) is 1.83. The van der Waals surface area contributed by atoms with Crippen LogP contribution in [-0.2, 0) is 0 Å². The summed E-state index contributed by atoms with van der Waals surface area (Å²) in [6, 6.07) is 17.6. The molecule has 0 aliphatic carbocycles. The van der Waals surface area contributed by atoms with Gasteiger partial charge in [-0.05, 0) is 48.7 Å². The van der Waals surface area contributed by atoms with Gasteiger partial charge in [-0.2, -0.15) is 0 Å². The van der Waals surface area contributed by atoms with E-state index in [-0.39, 0.29) is 11.9 Å². The van der Waals surface area contributed by atoms with E-state index in [0.29, 0.717) is 5.56 Å². The summed E-state index contributed by atoms with van der Waals surface area (Å²) in [6.07, 6.45) is 3.25. The van der Waals surface area contributed by atoms with E-state index >= 15 is 0 Å². The van der Waals surface area contributed by atoms with Crippen LogP contribution in [0.1, 0.15) is 29.0 Å². The maximum absolute atomic E-state index is 12.9.